The van der Waals surface area contributed by atoms with Crippen molar-refractivity contribution >= 4 is 46.4 Å². The molecule has 0 saturated carbocycles. The Morgan fingerprint density at radius 3 is 1.00 bits per heavy atom. The van der Waals surface area contributed by atoms with E-state index in [2.05, 4.69) is 143 Å². The molecule has 4 aromatic heterocycles. The number of nitrogens with one attached hydrogen (secondary N) is 2. The summed E-state index contributed by atoms with van der Waals surface area (Å²) in [4.78, 5) is 23.7. The van der Waals surface area contributed by atoms with E-state index in [1.54, 1.807) is 11.8 Å². The van der Waals surface area contributed by atoms with Crippen molar-refractivity contribution < 1.29 is 9.57 Å². The number of rotatable bonds is 5. The Kier molecular flexibility index (Phi) is 7.25. The second kappa shape index (κ2) is 12.3. The van der Waals surface area contributed by atoms with E-state index in [9.17, 15) is 0 Å². The van der Waals surface area contributed by atoms with E-state index in [0.29, 0.717) is 0 Å². The molecule has 9 rings (SSSR count). The molecule has 0 fully saturated rings. The zero-order valence-electron chi connectivity index (χ0n) is 27.3. The molecule has 7 aromatic rings. The molecule has 6 nitrogen and oxygen atoms in total. The first-order valence-electron chi connectivity index (χ1n) is 16.6. The van der Waals surface area contributed by atoms with Gasteiger partial charge in [-0.25, -0.2) is 9.97 Å². The third-order valence-electron chi connectivity index (χ3n) is 9.24. The molecule has 50 heavy (non-hydrogen) atoms. The van der Waals surface area contributed by atoms with Crippen LogP contribution in [0, 0.1) is 0 Å². The van der Waals surface area contributed by atoms with Gasteiger partial charge in [0, 0.05) is 61.2 Å². The molecule has 2 aliphatic heterocycles. The molecule has 2 aliphatic rings. The molecule has 2 N–H and O–H groups in total. The number of aromatic amines is 2. The summed E-state index contributed by atoms with van der Waals surface area (Å²) in [5.41, 5.74) is 15.7. The summed E-state index contributed by atoms with van der Waals surface area (Å²) in [5.74, 6) is 0. The number of benzene rings is 3. The van der Waals surface area contributed by atoms with Crippen LogP contribution < -0.4 is 9.57 Å². The zero-order valence-corrected chi connectivity index (χ0v) is 27.3. The quantitative estimate of drug-likeness (QED) is 0.183. The molecule has 238 valence electrons. The first-order valence-corrected chi connectivity index (χ1v) is 16.6. The van der Waals surface area contributed by atoms with Gasteiger partial charge in [-0.3, -0.25) is 4.84 Å². The van der Waals surface area contributed by atoms with E-state index in [0.717, 1.165) is 89.4 Å². The van der Waals surface area contributed by atoms with E-state index in [1.807, 2.05) is 30.6 Å². The third-order valence-corrected chi connectivity index (χ3v) is 9.24. The van der Waals surface area contributed by atoms with Gasteiger partial charge in [0.15, 0.2) is 0 Å². The number of hydrogen-bond acceptors (Lipinski definition) is 3. The van der Waals surface area contributed by atoms with Crippen molar-refractivity contribution in [3.63, 3.8) is 0 Å². The van der Waals surface area contributed by atoms with Crippen molar-refractivity contribution in [2.45, 2.75) is 0 Å². The summed E-state index contributed by atoms with van der Waals surface area (Å²) in [6.45, 7) is 0. The van der Waals surface area contributed by atoms with Crippen LogP contribution >= 0.6 is 0 Å². The fraction of sp³-hybridized carbons (Fsp3) is 0.0227. The molecule has 0 atom stereocenters. The summed E-state index contributed by atoms with van der Waals surface area (Å²) in [5, 5.41) is 0. The highest BCUT2D eigenvalue weighted by Crippen LogP contribution is 2.38. The number of H-pyrrole nitrogens is 2. The first-order chi connectivity index (χ1) is 24.7. The van der Waals surface area contributed by atoms with Gasteiger partial charge in [-0.2, -0.15) is 0 Å². The normalized spacial score (nSPS) is 11.9. The maximum atomic E-state index is 5.43. The lowest BCUT2D eigenvalue weighted by Gasteiger charge is -2.06. The minimum atomic E-state index is 0.863. The SMILES string of the molecule is CO[n+]1ccc(-c2c3nc(c(-c4ccccc4)c4ccc([nH]4)c(-c4ccccc4)c4nc(c(-c5ccccc5)c5ccc2[nH]5)C=C4)C=C3)cc1. The van der Waals surface area contributed by atoms with Gasteiger partial charge >= 0.3 is 0 Å². The number of fused-ring (bicyclic) bond motifs is 8. The molecule has 0 radical (unpaired) electrons. The number of pyridine rings is 1. The zero-order chi connectivity index (χ0) is 33.4. The monoisotopic (exact) mass is 646 g/mol. The Bertz CT molecular complexity index is 2560. The van der Waals surface area contributed by atoms with Gasteiger partial charge in [-0.05, 0) is 70.8 Å². The summed E-state index contributed by atoms with van der Waals surface area (Å²) in [6.07, 6.45) is 12.3. The third kappa shape index (κ3) is 5.20. The number of nitrogens with zero attached hydrogens (tertiary/aromatic N) is 3. The minimum absolute atomic E-state index is 0.863. The summed E-state index contributed by atoms with van der Waals surface area (Å²) in [7, 11) is 1.65. The Morgan fingerprint density at radius 1 is 0.400 bits per heavy atom. The standard InChI is InChI=1S/C44H31N5O/c1-50-49-27-25-32(26-28-49)44-39-23-21-37(47-39)42(30-13-7-3-8-14-30)35-19-17-33(45-35)41(29-11-5-2-6-12-29)34-18-20-36(46-34)43(31-15-9-4-10-16-31)38-22-24-40(44)48-38/h2-28H,1H3,(H,45,46,47,48)/p+1. The van der Waals surface area contributed by atoms with Gasteiger partial charge in [-0.15, -0.1) is 0 Å². The van der Waals surface area contributed by atoms with Crippen LogP contribution in [0.5, 0.6) is 0 Å². The lowest BCUT2D eigenvalue weighted by molar-refractivity contribution is -0.885. The predicted molar refractivity (Wildman–Crippen MR) is 203 cm³/mol. The molecule has 3 aromatic carbocycles. The van der Waals surface area contributed by atoms with Crippen molar-refractivity contribution in [2.24, 2.45) is 0 Å². The van der Waals surface area contributed by atoms with E-state index in [1.165, 1.54) is 0 Å². The number of aromatic nitrogens is 5. The predicted octanol–water partition coefficient (Wildman–Crippen LogP) is 9.67. The first kappa shape index (κ1) is 29.4. The van der Waals surface area contributed by atoms with E-state index >= 15 is 0 Å². The summed E-state index contributed by atoms with van der Waals surface area (Å²) in [6, 6.07) is 44.1. The van der Waals surface area contributed by atoms with Gasteiger partial charge in [0.05, 0.1) is 22.8 Å². The molecule has 8 bridgehead atoms. The Morgan fingerprint density at radius 2 is 0.700 bits per heavy atom. The average Bonchev–Trinajstić information content (AvgIpc) is 4.01. The van der Waals surface area contributed by atoms with Crippen LogP contribution in [0.25, 0.3) is 90.9 Å². The van der Waals surface area contributed by atoms with E-state index < -0.39 is 0 Å². The van der Waals surface area contributed by atoms with Gasteiger partial charge < -0.3 is 9.97 Å². The fourth-order valence-corrected chi connectivity index (χ4v) is 6.94. The molecule has 0 saturated heterocycles. The molecule has 0 amide bonds. The van der Waals surface area contributed by atoms with Crippen LogP contribution in [0.4, 0.5) is 0 Å². The van der Waals surface area contributed by atoms with Gasteiger partial charge in [0.1, 0.15) is 7.11 Å². The van der Waals surface area contributed by atoms with Crippen LogP contribution in [-0.2, 0) is 0 Å². The molecule has 0 aliphatic carbocycles. The molecule has 6 heteroatoms. The highest BCUT2D eigenvalue weighted by atomic mass is 16.6. The largest absolute Gasteiger partial charge is 0.354 e. The summed E-state index contributed by atoms with van der Waals surface area (Å²) < 4.78 is 1.67. The van der Waals surface area contributed by atoms with Crippen molar-refractivity contribution in [3.05, 3.63) is 163 Å². The topological polar surface area (TPSA) is 70.5 Å². The second-order valence-electron chi connectivity index (χ2n) is 12.2. The molecular weight excluding hydrogens is 615 g/mol. The Balaban J connectivity index is 1.47. The molecule has 0 unspecified atom stereocenters. The van der Waals surface area contributed by atoms with E-state index in [4.69, 9.17) is 14.8 Å². The number of hydrogen-bond donors (Lipinski definition) is 2. The smallest absolute Gasteiger partial charge is 0.223 e. The van der Waals surface area contributed by atoms with Crippen LogP contribution in [0.15, 0.2) is 140 Å². The fourth-order valence-electron chi connectivity index (χ4n) is 6.94. The van der Waals surface area contributed by atoms with Crippen molar-refractivity contribution in [3.8, 4) is 44.5 Å². The van der Waals surface area contributed by atoms with Crippen molar-refractivity contribution in [2.75, 3.05) is 7.11 Å². The van der Waals surface area contributed by atoms with Crippen molar-refractivity contribution in [1.29, 1.82) is 0 Å². The Hall–Kier alpha value is -6.79. The lowest BCUT2D eigenvalue weighted by Crippen LogP contribution is -2.39. The second-order valence-corrected chi connectivity index (χ2v) is 12.2. The van der Waals surface area contributed by atoms with E-state index in [-0.39, 0.29) is 0 Å². The average molecular weight is 647 g/mol. The van der Waals surface area contributed by atoms with Crippen LogP contribution in [0.1, 0.15) is 22.8 Å². The van der Waals surface area contributed by atoms with Crippen LogP contribution in [-0.4, -0.2) is 27.0 Å². The maximum absolute atomic E-state index is 5.43. The summed E-state index contributed by atoms with van der Waals surface area (Å²) >= 11 is 0. The highest BCUT2D eigenvalue weighted by Gasteiger charge is 2.19. The van der Waals surface area contributed by atoms with Gasteiger partial charge in [0.2, 0.25) is 12.4 Å². The van der Waals surface area contributed by atoms with Gasteiger partial charge in [0.25, 0.3) is 0 Å². The van der Waals surface area contributed by atoms with Crippen LogP contribution in [0.2, 0.25) is 0 Å². The van der Waals surface area contributed by atoms with Crippen molar-refractivity contribution in [1.82, 2.24) is 19.9 Å². The van der Waals surface area contributed by atoms with Gasteiger partial charge in [-0.1, -0.05) is 91.0 Å². The minimum Gasteiger partial charge on any atom is -0.354 e. The molecule has 6 heterocycles. The maximum Gasteiger partial charge on any atom is 0.223 e. The highest BCUT2D eigenvalue weighted by molar-refractivity contribution is 5.99. The lowest BCUT2D eigenvalue weighted by atomic mass is 10.0. The molecule has 0 spiro atoms. The Labute approximate surface area is 289 Å². The molecular formula is C44H32N5O+. The van der Waals surface area contributed by atoms with Crippen LogP contribution in [0.3, 0.4) is 0 Å².